The van der Waals surface area contributed by atoms with Crippen LogP contribution in [-0.2, 0) is 6.42 Å². The van der Waals surface area contributed by atoms with Crippen LogP contribution in [0.1, 0.15) is 31.1 Å². The van der Waals surface area contributed by atoms with Gasteiger partial charge in [0.1, 0.15) is 17.4 Å². The van der Waals surface area contributed by atoms with Gasteiger partial charge < -0.3 is 15.4 Å². The highest BCUT2D eigenvalue weighted by Crippen LogP contribution is 2.29. The highest BCUT2D eigenvalue weighted by atomic mass is 19.1. The number of halogens is 1. The van der Waals surface area contributed by atoms with Gasteiger partial charge in [-0.2, -0.15) is 10.1 Å². The molecule has 154 valence electrons. The predicted octanol–water partition coefficient (Wildman–Crippen LogP) is 4.98. The SMILES string of the molecule is CCc1cc(Nc2nc(N[C@@H](C)c3ccc(F)cc3)nc3ccc(OC)cc23)n[nH]1. The number of aromatic amines is 1. The van der Waals surface area contributed by atoms with Gasteiger partial charge in [-0.25, -0.2) is 9.37 Å². The third kappa shape index (κ3) is 4.17. The molecule has 0 saturated heterocycles. The van der Waals surface area contributed by atoms with Gasteiger partial charge >= 0.3 is 0 Å². The van der Waals surface area contributed by atoms with Crippen LogP contribution in [0.5, 0.6) is 5.75 Å². The molecule has 3 N–H and O–H groups in total. The van der Waals surface area contributed by atoms with Crippen molar-refractivity contribution in [3.05, 3.63) is 65.6 Å². The van der Waals surface area contributed by atoms with Gasteiger partial charge in [0, 0.05) is 17.1 Å². The van der Waals surface area contributed by atoms with E-state index in [1.807, 2.05) is 31.2 Å². The van der Waals surface area contributed by atoms with Crippen LogP contribution in [-0.4, -0.2) is 27.3 Å². The number of ether oxygens (including phenoxy) is 1. The number of H-pyrrole nitrogens is 1. The van der Waals surface area contributed by atoms with Crippen LogP contribution in [0.2, 0.25) is 0 Å². The average Bonchev–Trinajstić information content (AvgIpc) is 3.21. The highest BCUT2D eigenvalue weighted by Gasteiger charge is 2.13. The molecule has 0 bridgehead atoms. The van der Waals surface area contributed by atoms with Crippen molar-refractivity contribution in [3.63, 3.8) is 0 Å². The molecule has 0 radical (unpaired) electrons. The third-order valence-corrected chi connectivity index (χ3v) is 4.88. The lowest BCUT2D eigenvalue weighted by molar-refractivity contribution is 0.415. The third-order valence-electron chi connectivity index (χ3n) is 4.88. The number of hydrogen-bond acceptors (Lipinski definition) is 6. The summed E-state index contributed by atoms with van der Waals surface area (Å²) in [7, 11) is 1.62. The number of benzene rings is 2. The van der Waals surface area contributed by atoms with E-state index in [-0.39, 0.29) is 11.9 Å². The van der Waals surface area contributed by atoms with Gasteiger partial charge in [-0.3, -0.25) is 5.10 Å². The summed E-state index contributed by atoms with van der Waals surface area (Å²) in [4.78, 5) is 9.31. The van der Waals surface area contributed by atoms with Gasteiger partial charge in [0.05, 0.1) is 18.7 Å². The van der Waals surface area contributed by atoms with E-state index in [1.165, 1.54) is 12.1 Å². The van der Waals surface area contributed by atoms with Gasteiger partial charge in [0.2, 0.25) is 5.95 Å². The zero-order valence-electron chi connectivity index (χ0n) is 17.0. The number of aromatic nitrogens is 4. The van der Waals surface area contributed by atoms with Crippen LogP contribution < -0.4 is 15.4 Å². The molecule has 8 heteroatoms. The minimum absolute atomic E-state index is 0.105. The first-order valence-corrected chi connectivity index (χ1v) is 9.75. The number of anilines is 3. The highest BCUT2D eigenvalue weighted by molar-refractivity contribution is 5.92. The molecule has 2 aromatic carbocycles. The molecule has 0 fully saturated rings. The molecule has 2 heterocycles. The fourth-order valence-electron chi connectivity index (χ4n) is 3.15. The summed E-state index contributed by atoms with van der Waals surface area (Å²) < 4.78 is 18.6. The van der Waals surface area contributed by atoms with Gasteiger partial charge in [-0.05, 0) is 49.2 Å². The minimum atomic E-state index is -0.265. The number of nitrogens with zero attached hydrogens (tertiary/aromatic N) is 3. The summed E-state index contributed by atoms with van der Waals surface area (Å²) in [5.74, 6) is 2.19. The molecule has 0 spiro atoms. The van der Waals surface area contributed by atoms with E-state index in [2.05, 4.69) is 37.7 Å². The van der Waals surface area contributed by atoms with Crippen molar-refractivity contribution in [2.24, 2.45) is 0 Å². The van der Waals surface area contributed by atoms with Crippen molar-refractivity contribution in [3.8, 4) is 5.75 Å². The first-order chi connectivity index (χ1) is 14.6. The van der Waals surface area contributed by atoms with Crippen molar-refractivity contribution in [2.45, 2.75) is 26.3 Å². The fraction of sp³-hybridized carbons (Fsp3) is 0.227. The van der Waals surface area contributed by atoms with Crippen molar-refractivity contribution < 1.29 is 9.13 Å². The molecule has 7 nitrogen and oxygen atoms in total. The summed E-state index contributed by atoms with van der Waals surface area (Å²) in [5.41, 5.74) is 2.72. The van der Waals surface area contributed by atoms with E-state index in [0.717, 1.165) is 28.6 Å². The number of fused-ring (bicyclic) bond motifs is 1. The number of methoxy groups -OCH3 is 1. The van der Waals surface area contributed by atoms with Crippen molar-refractivity contribution >= 4 is 28.5 Å². The first kappa shape index (κ1) is 19.6. The largest absolute Gasteiger partial charge is 0.497 e. The molecule has 0 aliphatic rings. The van der Waals surface area contributed by atoms with E-state index in [4.69, 9.17) is 4.74 Å². The molecule has 2 aromatic heterocycles. The van der Waals surface area contributed by atoms with E-state index >= 15 is 0 Å². The minimum Gasteiger partial charge on any atom is -0.497 e. The second-order valence-corrected chi connectivity index (χ2v) is 6.95. The Labute approximate surface area is 173 Å². The molecule has 0 aliphatic carbocycles. The molecule has 0 aliphatic heterocycles. The maximum absolute atomic E-state index is 13.2. The van der Waals surface area contributed by atoms with Crippen LogP contribution >= 0.6 is 0 Å². The van der Waals surface area contributed by atoms with E-state index in [1.54, 1.807) is 19.2 Å². The summed E-state index contributed by atoms with van der Waals surface area (Å²) in [6.07, 6.45) is 0.856. The summed E-state index contributed by atoms with van der Waals surface area (Å²) >= 11 is 0. The van der Waals surface area contributed by atoms with Crippen LogP contribution in [0.3, 0.4) is 0 Å². The molecular formula is C22H23FN6O. The second kappa shape index (κ2) is 8.36. The zero-order chi connectivity index (χ0) is 21.1. The van der Waals surface area contributed by atoms with Crippen molar-refractivity contribution in [2.75, 3.05) is 17.7 Å². The molecule has 1 atom stereocenters. The number of aryl methyl sites for hydroxylation is 1. The standard InChI is InChI=1S/C22H23FN6O/c1-4-16-11-20(29-28-16)26-21-18-12-17(30-3)9-10-19(18)25-22(27-21)24-13(2)14-5-7-15(23)8-6-14/h5-13H,4H2,1-3H3,(H3,24,25,26,27,28,29)/t13-/m0/s1. The Balaban J connectivity index is 1.70. The van der Waals surface area contributed by atoms with Crippen LogP contribution in [0.4, 0.5) is 22.0 Å². The molecule has 0 unspecified atom stereocenters. The molecule has 0 saturated carbocycles. The van der Waals surface area contributed by atoms with Crippen LogP contribution in [0, 0.1) is 5.82 Å². The van der Waals surface area contributed by atoms with Crippen molar-refractivity contribution in [1.29, 1.82) is 0 Å². The maximum atomic E-state index is 13.2. The number of hydrogen-bond donors (Lipinski definition) is 3. The van der Waals surface area contributed by atoms with E-state index in [9.17, 15) is 4.39 Å². The van der Waals surface area contributed by atoms with Gasteiger partial charge in [-0.1, -0.05) is 19.1 Å². The lowest BCUT2D eigenvalue weighted by Gasteiger charge is -2.16. The Morgan fingerprint density at radius 2 is 1.90 bits per heavy atom. The van der Waals surface area contributed by atoms with Crippen LogP contribution in [0.15, 0.2) is 48.5 Å². The second-order valence-electron chi connectivity index (χ2n) is 6.95. The van der Waals surface area contributed by atoms with E-state index < -0.39 is 0 Å². The summed E-state index contributed by atoms with van der Waals surface area (Å²) in [6.45, 7) is 4.03. The zero-order valence-corrected chi connectivity index (χ0v) is 17.0. The number of rotatable bonds is 7. The predicted molar refractivity (Wildman–Crippen MR) is 116 cm³/mol. The summed E-state index contributed by atoms with van der Waals surface area (Å²) in [6, 6.07) is 13.8. The van der Waals surface area contributed by atoms with Gasteiger partial charge in [0.25, 0.3) is 0 Å². The Hall–Kier alpha value is -3.68. The number of nitrogens with one attached hydrogen (secondary N) is 3. The lowest BCUT2D eigenvalue weighted by Crippen LogP contribution is -2.11. The monoisotopic (exact) mass is 406 g/mol. The maximum Gasteiger partial charge on any atom is 0.225 e. The van der Waals surface area contributed by atoms with Gasteiger partial charge in [0.15, 0.2) is 5.82 Å². The quantitative estimate of drug-likeness (QED) is 0.401. The average molecular weight is 406 g/mol. The molecular weight excluding hydrogens is 383 g/mol. The topological polar surface area (TPSA) is 87.8 Å². The fourth-order valence-corrected chi connectivity index (χ4v) is 3.15. The molecule has 4 aromatic rings. The Morgan fingerprint density at radius 1 is 1.10 bits per heavy atom. The summed E-state index contributed by atoms with van der Waals surface area (Å²) in [5, 5.41) is 14.7. The molecule has 4 rings (SSSR count). The van der Waals surface area contributed by atoms with Crippen LogP contribution in [0.25, 0.3) is 10.9 Å². The first-order valence-electron chi connectivity index (χ1n) is 9.75. The lowest BCUT2D eigenvalue weighted by atomic mass is 10.1. The van der Waals surface area contributed by atoms with E-state index in [0.29, 0.717) is 23.3 Å². The Morgan fingerprint density at radius 3 is 2.60 bits per heavy atom. The van der Waals surface area contributed by atoms with Gasteiger partial charge in [-0.15, -0.1) is 0 Å². The Kier molecular flexibility index (Phi) is 5.47. The van der Waals surface area contributed by atoms with Crippen molar-refractivity contribution in [1.82, 2.24) is 20.2 Å². The normalized spacial score (nSPS) is 12.0. The molecule has 0 amide bonds. The smallest absolute Gasteiger partial charge is 0.225 e. The Bertz CT molecular complexity index is 1160. The molecule has 30 heavy (non-hydrogen) atoms.